The average Bonchev–Trinajstić information content (AvgIpc) is 2.30. The van der Waals surface area contributed by atoms with Crippen LogP contribution < -0.4 is 10.4 Å². The minimum absolute atomic E-state index is 0.445. The van der Waals surface area contributed by atoms with Crippen LogP contribution in [0.4, 0.5) is 5.82 Å². The third-order valence-electron chi connectivity index (χ3n) is 2.34. The van der Waals surface area contributed by atoms with Gasteiger partial charge >= 0.3 is 7.12 Å². The summed E-state index contributed by atoms with van der Waals surface area (Å²) >= 11 is 0. The van der Waals surface area contributed by atoms with Gasteiger partial charge in [0.25, 0.3) is 0 Å². The van der Waals surface area contributed by atoms with Crippen LogP contribution in [0.1, 0.15) is 6.92 Å². The highest BCUT2D eigenvalue weighted by Crippen LogP contribution is 2.07. The highest BCUT2D eigenvalue weighted by Gasteiger charge is 2.13. The summed E-state index contributed by atoms with van der Waals surface area (Å²) in [5.41, 5.74) is 0.445. The number of nitrogens with zero attached hydrogens (tertiary/aromatic N) is 2. The standard InChI is InChI=1S/C10H17BN2O3/c1-3-13(6-7-16-2)10-8-9(11(14)15)4-5-12-10/h4-5,8,14-15H,3,6-7H2,1-2H3. The molecule has 0 radical (unpaired) electrons. The molecule has 0 atom stereocenters. The third-order valence-corrected chi connectivity index (χ3v) is 2.34. The zero-order valence-electron chi connectivity index (χ0n) is 9.63. The molecular formula is C10H17BN2O3. The first-order chi connectivity index (χ1) is 7.69. The van der Waals surface area contributed by atoms with E-state index >= 15 is 0 Å². The number of likely N-dealkylation sites (N-methyl/N-ethyl adjacent to an activating group) is 1. The molecule has 1 rings (SSSR count). The molecule has 88 valence electrons. The quantitative estimate of drug-likeness (QED) is 0.621. The first-order valence-electron chi connectivity index (χ1n) is 5.25. The highest BCUT2D eigenvalue weighted by molar-refractivity contribution is 6.58. The fourth-order valence-corrected chi connectivity index (χ4v) is 1.40. The molecule has 0 fully saturated rings. The van der Waals surface area contributed by atoms with Crippen LogP contribution in [0.2, 0.25) is 0 Å². The molecule has 0 saturated heterocycles. The predicted octanol–water partition coefficient (Wildman–Crippen LogP) is -0.766. The Morgan fingerprint density at radius 2 is 2.25 bits per heavy atom. The van der Waals surface area contributed by atoms with E-state index in [1.807, 2.05) is 11.8 Å². The Balaban J connectivity index is 2.79. The zero-order chi connectivity index (χ0) is 12.0. The van der Waals surface area contributed by atoms with Crippen molar-refractivity contribution in [1.82, 2.24) is 4.98 Å². The number of pyridine rings is 1. The second-order valence-electron chi connectivity index (χ2n) is 3.39. The van der Waals surface area contributed by atoms with Crippen molar-refractivity contribution in [3.05, 3.63) is 18.3 Å². The summed E-state index contributed by atoms with van der Waals surface area (Å²) < 4.78 is 5.01. The molecule has 1 aromatic heterocycles. The van der Waals surface area contributed by atoms with Crippen molar-refractivity contribution in [2.24, 2.45) is 0 Å². The van der Waals surface area contributed by atoms with Crippen molar-refractivity contribution in [3.8, 4) is 0 Å². The van der Waals surface area contributed by atoms with E-state index in [2.05, 4.69) is 4.98 Å². The van der Waals surface area contributed by atoms with E-state index in [1.165, 1.54) is 0 Å². The Hall–Kier alpha value is -1.11. The number of ether oxygens (including phenoxy) is 1. The van der Waals surface area contributed by atoms with Crippen LogP contribution in [-0.2, 0) is 4.74 Å². The molecule has 2 N–H and O–H groups in total. The molecule has 0 spiro atoms. The molecule has 1 aromatic rings. The van der Waals surface area contributed by atoms with Crippen LogP contribution in [0.15, 0.2) is 18.3 Å². The van der Waals surface area contributed by atoms with E-state index in [1.54, 1.807) is 25.4 Å². The second-order valence-corrected chi connectivity index (χ2v) is 3.39. The predicted molar refractivity (Wildman–Crippen MR) is 63.8 cm³/mol. The van der Waals surface area contributed by atoms with Crippen LogP contribution in [0.25, 0.3) is 0 Å². The molecule has 1 heterocycles. The van der Waals surface area contributed by atoms with E-state index in [-0.39, 0.29) is 0 Å². The summed E-state index contributed by atoms with van der Waals surface area (Å²) in [6.07, 6.45) is 1.57. The van der Waals surface area contributed by atoms with Gasteiger partial charge in [-0.3, -0.25) is 0 Å². The van der Waals surface area contributed by atoms with Gasteiger partial charge in [-0.05, 0) is 24.5 Å². The summed E-state index contributed by atoms with van der Waals surface area (Å²) in [6, 6.07) is 3.25. The van der Waals surface area contributed by atoms with E-state index in [9.17, 15) is 0 Å². The summed E-state index contributed by atoms with van der Waals surface area (Å²) in [5, 5.41) is 18.1. The third kappa shape index (κ3) is 3.48. The lowest BCUT2D eigenvalue weighted by molar-refractivity contribution is 0.205. The molecule has 6 heteroatoms. The topological polar surface area (TPSA) is 65.8 Å². The van der Waals surface area contributed by atoms with Crippen molar-refractivity contribution >= 4 is 18.4 Å². The van der Waals surface area contributed by atoms with Crippen LogP contribution in [0.3, 0.4) is 0 Å². The number of methoxy groups -OCH3 is 1. The Kier molecular flexibility index (Phi) is 5.24. The fourth-order valence-electron chi connectivity index (χ4n) is 1.40. The lowest BCUT2D eigenvalue weighted by Gasteiger charge is -2.21. The van der Waals surface area contributed by atoms with E-state index < -0.39 is 7.12 Å². The Labute approximate surface area is 95.8 Å². The lowest BCUT2D eigenvalue weighted by Crippen LogP contribution is -2.33. The largest absolute Gasteiger partial charge is 0.488 e. The summed E-state index contributed by atoms with van der Waals surface area (Å²) in [4.78, 5) is 6.20. The Morgan fingerprint density at radius 1 is 1.50 bits per heavy atom. The minimum Gasteiger partial charge on any atom is -0.423 e. The van der Waals surface area contributed by atoms with E-state index in [0.717, 1.165) is 18.9 Å². The van der Waals surface area contributed by atoms with E-state index in [4.69, 9.17) is 14.8 Å². The van der Waals surface area contributed by atoms with Gasteiger partial charge in [0, 0.05) is 26.4 Å². The van der Waals surface area contributed by atoms with Gasteiger partial charge in [0.15, 0.2) is 0 Å². The van der Waals surface area contributed by atoms with Crippen molar-refractivity contribution < 1.29 is 14.8 Å². The van der Waals surface area contributed by atoms with Crippen molar-refractivity contribution in [2.75, 3.05) is 31.7 Å². The number of aromatic nitrogens is 1. The molecule has 0 aliphatic rings. The molecule has 0 aliphatic carbocycles. The average molecular weight is 224 g/mol. The second kappa shape index (κ2) is 6.47. The zero-order valence-corrected chi connectivity index (χ0v) is 9.63. The van der Waals surface area contributed by atoms with Crippen molar-refractivity contribution in [1.29, 1.82) is 0 Å². The summed E-state index contributed by atoms with van der Waals surface area (Å²) in [6.45, 7) is 4.15. The summed E-state index contributed by atoms with van der Waals surface area (Å²) in [5.74, 6) is 0.727. The molecule has 0 unspecified atom stereocenters. The number of rotatable bonds is 6. The molecule has 0 aromatic carbocycles. The van der Waals surface area contributed by atoms with Gasteiger partial charge in [-0.1, -0.05) is 0 Å². The first kappa shape index (κ1) is 13.0. The maximum atomic E-state index is 9.06. The normalized spacial score (nSPS) is 10.2. The molecule has 0 aliphatic heterocycles. The van der Waals surface area contributed by atoms with Gasteiger partial charge in [0.2, 0.25) is 0 Å². The molecular weight excluding hydrogens is 207 g/mol. The monoisotopic (exact) mass is 224 g/mol. The van der Waals surface area contributed by atoms with Gasteiger partial charge in [-0.15, -0.1) is 0 Å². The van der Waals surface area contributed by atoms with Gasteiger partial charge in [0.05, 0.1) is 6.61 Å². The van der Waals surface area contributed by atoms with Crippen LogP contribution >= 0.6 is 0 Å². The highest BCUT2D eigenvalue weighted by atomic mass is 16.5. The fraction of sp³-hybridized carbons (Fsp3) is 0.500. The smallest absolute Gasteiger partial charge is 0.423 e. The number of anilines is 1. The van der Waals surface area contributed by atoms with Crippen LogP contribution in [0, 0.1) is 0 Å². The molecule has 0 bridgehead atoms. The van der Waals surface area contributed by atoms with Gasteiger partial charge in [0.1, 0.15) is 5.82 Å². The van der Waals surface area contributed by atoms with E-state index in [0.29, 0.717) is 12.1 Å². The van der Waals surface area contributed by atoms with Gasteiger partial charge < -0.3 is 19.7 Å². The maximum Gasteiger partial charge on any atom is 0.488 e. The lowest BCUT2D eigenvalue weighted by atomic mass is 9.81. The Bertz CT molecular complexity index is 323. The maximum absolute atomic E-state index is 9.06. The van der Waals surface area contributed by atoms with Gasteiger partial charge in [-0.25, -0.2) is 4.98 Å². The SMILES string of the molecule is CCN(CCOC)c1cc(B(O)O)ccn1. The van der Waals surface area contributed by atoms with Crippen LogP contribution in [0.5, 0.6) is 0 Å². The number of hydrogen-bond acceptors (Lipinski definition) is 5. The molecule has 0 amide bonds. The van der Waals surface area contributed by atoms with Gasteiger partial charge in [-0.2, -0.15) is 0 Å². The summed E-state index contributed by atoms with van der Waals surface area (Å²) in [7, 11) is 0.192. The molecule has 5 nitrogen and oxygen atoms in total. The Morgan fingerprint density at radius 3 is 2.81 bits per heavy atom. The van der Waals surface area contributed by atoms with Crippen molar-refractivity contribution in [2.45, 2.75) is 6.92 Å². The number of hydrogen-bond donors (Lipinski definition) is 2. The molecule has 16 heavy (non-hydrogen) atoms. The van der Waals surface area contributed by atoms with Crippen LogP contribution in [-0.4, -0.2) is 49.0 Å². The minimum atomic E-state index is -1.46. The molecule has 0 saturated carbocycles. The van der Waals surface area contributed by atoms with Crippen molar-refractivity contribution in [3.63, 3.8) is 0 Å². The first-order valence-corrected chi connectivity index (χ1v) is 5.25.